The Morgan fingerprint density at radius 1 is 1.23 bits per heavy atom. The molecule has 2 heterocycles. The molecule has 0 aliphatic carbocycles. The zero-order chi connectivity index (χ0) is 18.7. The van der Waals surface area contributed by atoms with Gasteiger partial charge in [-0.2, -0.15) is 0 Å². The molecule has 0 unspecified atom stereocenters. The molecule has 3 rings (SSSR count). The van der Waals surface area contributed by atoms with Gasteiger partial charge < -0.3 is 25.2 Å². The molecule has 1 aromatic rings. The van der Waals surface area contributed by atoms with Gasteiger partial charge in [0.2, 0.25) is 0 Å². The average molecular weight is 365 g/mol. The highest BCUT2D eigenvalue weighted by atomic mass is 19.1. The lowest BCUT2D eigenvalue weighted by molar-refractivity contribution is -0.111. The van der Waals surface area contributed by atoms with Crippen LogP contribution >= 0.6 is 0 Å². The third-order valence-electron chi connectivity index (χ3n) is 5.11. The number of aliphatic hydroxyl groups excluding tert-OH is 2. The van der Waals surface area contributed by atoms with Crippen molar-refractivity contribution in [3.63, 3.8) is 0 Å². The standard InChI is InChI=1S/C18H24FN3O4/c19-14-9-12(22-7-5-11(10-23)6-8-22)1-2-13(14)17(25)20-15-3-4-16(24)21-18(15)26/h1-2,9-11,15-16,18,21,24,26H,3-8H2,(H,20,25)/t15-,16-,18-/m0/s1. The summed E-state index contributed by atoms with van der Waals surface area (Å²) in [4.78, 5) is 25.1. The van der Waals surface area contributed by atoms with Crippen molar-refractivity contribution in [2.75, 3.05) is 18.0 Å². The molecule has 4 N–H and O–H groups in total. The normalized spacial score (nSPS) is 27.2. The first-order chi connectivity index (χ1) is 12.5. The van der Waals surface area contributed by atoms with Gasteiger partial charge in [0.25, 0.3) is 5.91 Å². The maximum atomic E-state index is 14.4. The minimum absolute atomic E-state index is 0.0650. The molecule has 7 nitrogen and oxygen atoms in total. The first kappa shape index (κ1) is 18.8. The summed E-state index contributed by atoms with van der Waals surface area (Å²) in [5, 5.41) is 24.4. The van der Waals surface area contributed by atoms with Crippen LogP contribution in [0.2, 0.25) is 0 Å². The lowest BCUT2D eigenvalue weighted by atomic mass is 9.98. The quantitative estimate of drug-likeness (QED) is 0.575. The molecule has 2 aliphatic rings. The zero-order valence-corrected chi connectivity index (χ0v) is 14.4. The van der Waals surface area contributed by atoms with E-state index in [2.05, 4.69) is 10.6 Å². The van der Waals surface area contributed by atoms with Crippen LogP contribution in [0.1, 0.15) is 36.0 Å². The number of rotatable bonds is 4. The lowest BCUT2D eigenvalue weighted by Gasteiger charge is -2.33. The number of nitrogens with one attached hydrogen (secondary N) is 2. The van der Waals surface area contributed by atoms with Crippen LogP contribution < -0.4 is 15.5 Å². The summed E-state index contributed by atoms with van der Waals surface area (Å²) >= 11 is 0. The van der Waals surface area contributed by atoms with E-state index in [-0.39, 0.29) is 11.5 Å². The number of carbonyl (C=O) groups excluding carboxylic acids is 2. The molecule has 0 radical (unpaired) electrons. The second-order valence-corrected chi connectivity index (χ2v) is 6.91. The van der Waals surface area contributed by atoms with E-state index in [1.807, 2.05) is 4.90 Å². The second-order valence-electron chi connectivity index (χ2n) is 6.91. The van der Waals surface area contributed by atoms with Crippen LogP contribution in [0.25, 0.3) is 0 Å². The smallest absolute Gasteiger partial charge is 0.254 e. The van der Waals surface area contributed by atoms with Crippen LogP contribution in [0, 0.1) is 11.7 Å². The van der Waals surface area contributed by atoms with E-state index in [1.165, 1.54) is 12.1 Å². The largest absolute Gasteiger partial charge is 0.379 e. The van der Waals surface area contributed by atoms with Gasteiger partial charge in [-0.1, -0.05) is 0 Å². The van der Waals surface area contributed by atoms with Crippen molar-refractivity contribution in [2.45, 2.75) is 44.2 Å². The molecule has 1 amide bonds. The Morgan fingerprint density at radius 2 is 1.96 bits per heavy atom. The molecule has 0 saturated carbocycles. The summed E-state index contributed by atoms with van der Waals surface area (Å²) in [6.45, 7) is 1.35. The molecule has 2 fully saturated rings. The van der Waals surface area contributed by atoms with Gasteiger partial charge in [0.15, 0.2) is 0 Å². The van der Waals surface area contributed by atoms with Gasteiger partial charge in [0.05, 0.1) is 11.6 Å². The van der Waals surface area contributed by atoms with Gasteiger partial charge in [0, 0.05) is 24.7 Å². The molecule has 8 heteroatoms. The van der Waals surface area contributed by atoms with E-state index < -0.39 is 30.2 Å². The van der Waals surface area contributed by atoms with Gasteiger partial charge in [0.1, 0.15) is 24.6 Å². The summed E-state index contributed by atoms with van der Waals surface area (Å²) in [6, 6.07) is 3.87. The Balaban J connectivity index is 1.64. The van der Waals surface area contributed by atoms with Crippen LogP contribution in [0.15, 0.2) is 18.2 Å². The minimum Gasteiger partial charge on any atom is -0.379 e. The van der Waals surface area contributed by atoms with E-state index in [1.54, 1.807) is 6.07 Å². The Kier molecular flexibility index (Phi) is 5.85. The third kappa shape index (κ3) is 4.20. The van der Waals surface area contributed by atoms with Crippen LogP contribution in [0.4, 0.5) is 10.1 Å². The fraction of sp³-hybridized carbons (Fsp3) is 0.556. The Labute approximate surface area is 151 Å². The Morgan fingerprint density at radius 3 is 2.58 bits per heavy atom. The van der Waals surface area contributed by atoms with Crippen LogP contribution in [0.3, 0.4) is 0 Å². The number of aldehydes is 1. The van der Waals surface area contributed by atoms with Crippen molar-refractivity contribution in [3.8, 4) is 0 Å². The average Bonchev–Trinajstić information content (AvgIpc) is 2.64. The highest BCUT2D eigenvalue weighted by molar-refractivity contribution is 5.95. The number of carbonyl (C=O) groups is 2. The van der Waals surface area contributed by atoms with Gasteiger partial charge in [-0.3, -0.25) is 10.1 Å². The summed E-state index contributed by atoms with van der Waals surface area (Å²) in [6.07, 6.45) is 1.35. The summed E-state index contributed by atoms with van der Waals surface area (Å²) in [5.41, 5.74) is 0.598. The van der Waals surface area contributed by atoms with E-state index in [9.17, 15) is 24.2 Å². The van der Waals surface area contributed by atoms with Crippen molar-refractivity contribution in [2.24, 2.45) is 5.92 Å². The molecule has 26 heavy (non-hydrogen) atoms. The van der Waals surface area contributed by atoms with Crippen molar-refractivity contribution in [1.29, 1.82) is 0 Å². The molecule has 0 spiro atoms. The SMILES string of the molecule is O=CC1CCN(c2ccc(C(=O)N[C@H]3CC[C@H](O)N[C@H]3O)c(F)c2)CC1. The fourth-order valence-corrected chi connectivity index (χ4v) is 3.47. The van der Waals surface area contributed by atoms with Crippen LogP contribution in [0.5, 0.6) is 0 Å². The maximum Gasteiger partial charge on any atom is 0.254 e. The van der Waals surface area contributed by atoms with E-state index in [4.69, 9.17) is 0 Å². The van der Waals surface area contributed by atoms with E-state index in [0.29, 0.717) is 31.6 Å². The van der Waals surface area contributed by atoms with E-state index >= 15 is 0 Å². The monoisotopic (exact) mass is 365 g/mol. The molecule has 0 bridgehead atoms. The number of aliphatic hydroxyl groups is 2. The molecule has 2 saturated heterocycles. The number of hydrogen-bond acceptors (Lipinski definition) is 6. The van der Waals surface area contributed by atoms with E-state index in [0.717, 1.165) is 19.1 Å². The van der Waals surface area contributed by atoms with Gasteiger partial charge in [-0.15, -0.1) is 0 Å². The molecular formula is C18H24FN3O4. The predicted octanol–water partition coefficient (Wildman–Crippen LogP) is 0.360. The Bertz CT molecular complexity index is 664. The summed E-state index contributed by atoms with van der Waals surface area (Å²) in [7, 11) is 0. The third-order valence-corrected chi connectivity index (χ3v) is 5.11. The number of amides is 1. The molecule has 2 aliphatic heterocycles. The minimum atomic E-state index is -1.08. The Hall–Kier alpha value is -2.03. The number of halogens is 1. The van der Waals surface area contributed by atoms with Crippen molar-refractivity contribution in [1.82, 2.24) is 10.6 Å². The number of nitrogens with zero attached hydrogens (tertiary/aromatic N) is 1. The molecule has 1 aromatic carbocycles. The summed E-state index contributed by atoms with van der Waals surface area (Å²) in [5.74, 6) is -1.16. The lowest BCUT2D eigenvalue weighted by Crippen LogP contribution is -2.56. The number of piperidine rings is 2. The van der Waals surface area contributed by atoms with Gasteiger partial charge in [-0.25, -0.2) is 4.39 Å². The van der Waals surface area contributed by atoms with Crippen molar-refractivity contribution >= 4 is 17.9 Å². The van der Waals surface area contributed by atoms with Crippen molar-refractivity contribution in [3.05, 3.63) is 29.6 Å². The predicted molar refractivity (Wildman–Crippen MR) is 93.0 cm³/mol. The summed E-state index contributed by atoms with van der Waals surface area (Å²) < 4.78 is 14.4. The molecule has 0 aromatic heterocycles. The zero-order valence-electron chi connectivity index (χ0n) is 14.4. The van der Waals surface area contributed by atoms with Crippen LogP contribution in [-0.2, 0) is 4.79 Å². The van der Waals surface area contributed by atoms with Crippen molar-refractivity contribution < 1.29 is 24.2 Å². The number of anilines is 1. The van der Waals surface area contributed by atoms with Gasteiger partial charge in [-0.05, 0) is 43.9 Å². The second kappa shape index (κ2) is 8.11. The number of benzene rings is 1. The van der Waals surface area contributed by atoms with Crippen LogP contribution in [-0.4, -0.2) is 54.0 Å². The fourth-order valence-electron chi connectivity index (χ4n) is 3.47. The molecule has 142 valence electrons. The number of hydrogen-bond donors (Lipinski definition) is 4. The molecular weight excluding hydrogens is 341 g/mol. The molecule has 3 atom stereocenters. The topological polar surface area (TPSA) is 102 Å². The van der Waals surface area contributed by atoms with Gasteiger partial charge >= 0.3 is 0 Å². The highest BCUT2D eigenvalue weighted by Gasteiger charge is 2.29. The first-order valence-corrected chi connectivity index (χ1v) is 8.90. The highest BCUT2D eigenvalue weighted by Crippen LogP contribution is 2.24. The first-order valence-electron chi connectivity index (χ1n) is 8.90. The maximum absolute atomic E-state index is 14.4.